The molecule has 0 bridgehead atoms. The summed E-state index contributed by atoms with van der Waals surface area (Å²) in [5.74, 6) is 0.712. The van der Waals surface area contributed by atoms with Crippen molar-refractivity contribution in [2.75, 3.05) is 38.8 Å². The summed E-state index contributed by atoms with van der Waals surface area (Å²) in [6.45, 7) is 3.93. The summed E-state index contributed by atoms with van der Waals surface area (Å²) in [6, 6.07) is 0. The minimum Gasteiger partial charge on any atom is -0.379 e. The average molecular weight is 476 g/mol. The zero-order valence-corrected chi connectivity index (χ0v) is 17.6. The van der Waals surface area contributed by atoms with E-state index in [1.54, 1.807) is 18.4 Å². The number of aryl methyl sites for hydroxylation is 1. The van der Waals surface area contributed by atoms with Crippen molar-refractivity contribution in [2.24, 2.45) is 4.99 Å². The molecule has 7 nitrogen and oxygen atoms in total. The number of thiazole rings is 1. The molecular formula is C13H25IN4O3S2. The van der Waals surface area contributed by atoms with E-state index in [2.05, 4.69) is 27.5 Å². The third kappa shape index (κ3) is 10.8. The number of halogens is 1. The lowest BCUT2D eigenvalue weighted by Crippen LogP contribution is -2.38. The number of hydrogen-bond donors (Lipinski definition) is 2. The first-order valence-electron chi connectivity index (χ1n) is 7.08. The first-order chi connectivity index (χ1) is 10.4. The van der Waals surface area contributed by atoms with Crippen molar-refractivity contribution in [3.8, 4) is 0 Å². The van der Waals surface area contributed by atoms with Crippen molar-refractivity contribution in [2.45, 2.75) is 19.9 Å². The van der Waals surface area contributed by atoms with Gasteiger partial charge in [0.05, 0.1) is 25.5 Å². The number of aliphatic imine (C=N–C) groups is 1. The van der Waals surface area contributed by atoms with Gasteiger partial charge in [-0.15, -0.1) is 35.3 Å². The maximum Gasteiger partial charge on any atom is 0.191 e. The molecule has 1 aromatic rings. The number of nitrogens with one attached hydrogen (secondary N) is 2. The van der Waals surface area contributed by atoms with E-state index in [-0.39, 0.29) is 36.3 Å². The van der Waals surface area contributed by atoms with E-state index in [9.17, 15) is 8.42 Å². The fourth-order valence-corrected chi connectivity index (χ4v) is 2.75. The molecule has 1 aromatic heterocycles. The minimum atomic E-state index is -2.96. The summed E-state index contributed by atoms with van der Waals surface area (Å²) in [4.78, 5) is 9.70. The van der Waals surface area contributed by atoms with Crippen LogP contribution in [0.4, 0.5) is 0 Å². The van der Waals surface area contributed by atoms with E-state index in [1.807, 2.05) is 6.20 Å². The van der Waals surface area contributed by atoms with Crippen LogP contribution in [0.1, 0.15) is 16.8 Å². The second-order valence-electron chi connectivity index (χ2n) is 4.67. The Morgan fingerprint density at radius 1 is 1.39 bits per heavy atom. The maximum atomic E-state index is 10.9. The molecule has 0 spiro atoms. The maximum absolute atomic E-state index is 10.9. The highest BCUT2D eigenvalue weighted by Crippen LogP contribution is 2.12. The molecule has 0 amide bonds. The predicted octanol–water partition coefficient (Wildman–Crippen LogP) is 1.05. The highest BCUT2D eigenvalue weighted by atomic mass is 127. The molecule has 1 heterocycles. The molecule has 0 radical (unpaired) electrons. The molecule has 0 unspecified atom stereocenters. The summed E-state index contributed by atoms with van der Waals surface area (Å²) >= 11 is 1.68. The van der Waals surface area contributed by atoms with Crippen LogP contribution in [0, 0.1) is 0 Å². The molecule has 0 saturated heterocycles. The first kappa shape index (κ1) is 22.5. The monoisotopic (exact) mass is 476 g/mol. The van der Waals surface area contributed by atoms with Crippen molar-refractivity contribution >= 4 is 51.1 Å². The number of hydrogen-bond acceptors (Lipinski definition) is 6. The van der Waals surface area contributed by atoms with Gasteiger partial charge in [0, 0.05) is 30.9 Å². The van der Waals surface area contributed by atoms with Gasteiger partial charge in [-0.05, 0) is 6.42 Å². The average Bonchev–Trinajstić information content (AvgIpc) is 2.92. The molecule has 0 aromatic carbocycles. The van der Waals surface area contributed by atoms with Gasteiger partial charge in [0.25, 0.3) is 0 Å². The lowest BCUT2D eigenvalue weighted by molar-refractivity contribution is 0.154. The Balaban J connectivity index is 0.00000484. The first-order valence-corrected chi connectivity index (χ1v) is 9.96. The Hall–Kier alpha value is -0.460. The smallest absolute Gasteiger partial charge is 0.191 e. The Morgan fingerprint density at radius 3 is 2.70 bits per heavy atom. The second kappa shape index (κ2) is 12.0. The quantitative estimate of drug-likeness (QED) is 0.240. The Bertz CT molecular complexity index is 576. The van der Waals surface area contributed by atoms with Gasteiger partial charge in [-0.25, -0.2) is 13.4 Å². The van der Waals surface area contributed by atoms with E-state index >= 15 is 0 Å². The van der Waals surface area contributed by atoms with Gasteiger partial charge in [-0.1, -0.05) is 6.92 Å². The molecule has 10 heteroatoms. The molecule has 0 aliphatic carbocycles. The molecule has 0 aliphatic heterocycles. The van der Waals surface area contributed by atoms with Crippen LogP contribution < -0.4 is 10.6 Å². The van der Waals surface area contributed by atoms with Crippen molar-refractivity contribution in [1.82, 2.24) is 15.6 Å². The van der Waals surface area contributed by atoms with Gasteiger partial charge in [-0.2, -0.15) is 0 Å². The van der Waals surface area contributed by atoms with E-state index in [1.165, 1.54) is 11.1 Å². The normalized spacial score (nSPS) is 11.9. The number of aromatic nitrogens is 1. The largest absolute Gasteiger partial charge is 0.379 e. The van der Waals surface area contributed by atoms with E-state index in [0.29, 0.717) is 25.7 Å². The van der Waals surface area contributed by atoms with Crippen LogP contribution in [-0.4, -0.2) is 58.2 Å². The van der Waals surface area contributed by atoms with Crippen LogP contribution in [0.3, 0.4) is 0 Å². The van der Waals surface area contributed by atoms with Gasteiger partial charge in [-0.3, -0.25) is 4.99 Å². The Morgan fingerprint density at radius 2 is 2.13 bits per heavy atom. The second-order valence-corrected chi connectivity index (χ2v) is 8.13. The summed E-state index contributed by atoms with van der Waals surface area (Å²) < 4.78 is 27.1. The van der Waals surface area contributed by atoms with Gasteiger partial charge in [0.2, 0.25) is 0 Å². The molecule has 0 fully saturated rings. The van der Waals surface area contributed by atoms with Crippen LogP contribution in [-0.2, 0) is 27.5 Å². The lowest BCUT2D eigenvalue weighted by atomic mass is 10.4. The number of ether oxygens (including phenoxy) is 1. The minimum absolute atomic E-state index is 0. The van der Waals surface area contributed by atoms with Crippen LogP contribution in [0.2, 0.25) is 0 Å². The molecule has 0 saturated carbocycles. The van der Waals surface area contributed by atoms with Gasteiger partial charge in [0.1, 0.15) is 14.8 Å². The molecule has 1 rings (SSSR count). The Labute approximate surface area is 159 Å². The SMILES string of the molecule is CCc1cnc(CNC(=NC)NCCOCCS(C)(=O)=O)s1.I. The number of rotatable bonds is 9. The van der Waals surface area contributed by atoms with Crippen molar-refractivity contribution < 1.29 is 13.2 Å². The molecule has 0 atom stereocenters. The summed E-state index contributed by atoms with van der Waals surface area (Å²) in [7, 11) is -1.27. The summed E-state index contributed by atoms with van der Waals surface area (Å²) in [6.07, 6.45) is 4.09. The highest BCUT2D eigenvalue weighted by Gasteiger charge is 2.03. The lowest BCUT2D eigenvalue weighted by Gasteiger charge is -2.11. The van der Waals surface area contributed by atoms with Crippen LogP contribution in [0.15, 0.2) is 11.2 Å². The Kier molecular flexibility index (Phi) is 11.7. The third-order valence-electron chi connectivity index (χ3n) is 2.72. The fraction of sp³-hybridized carbons (Fsp3) is 0.692. The van der Waals surface area contributed by atoms with Gasteiger partial charge in [0.15, 0.2) is 5.96 Å². The van der Waals surface area contributed by atoms with Crippen LogP contribution in [0.25, 0.3) is 0 Å². The zero-order chi connectivity index (χ0) is 16.4. The summed E-state index contributed by atoms with van der Waals surface area (Å²) in [5, 5.41) is 7.29. The zero-order valence-electron chi connectivity index (χ0n) is 13.7. The van der Waals surface area contributed by atoms with Crippen molar-refractivity contribution in [3.05, 3.63) is 16.1 Å². The highest BCUT2D eigenvalue weighted by molar-refractivity contribution is 14.0. The van der Waals surface area contributed by atoms with Gasteiger partial charge >= 0.3 is 0 Å². The summed E-state index contributed by atoms with van der Waals surface area (Å²) in [5.41, 5.74) is 0. The van der Waals surface area contributed by atoms with E-state index in [4.69, 9.17) is 4.74 Å². The van der Waals surface area contributed by atoms with Crippen molar-refractivity contribution in [1.29, 1.82) is 0 Å². The molecule has 23 heavy (non-hydrogen) atoms. The van der Waals surface area contributed by atoms with Crippen LogP contribution in [0.5, 0.6) is 0 Å². The van der Waals surface area contributed by atoms with E-state index < -0.39 is 9.84 Å². The molecule has 134 valence electrons. The number of nitrogens with zero attached hydrogens (tertiary/aromatic N) is 2. The standard InChI is InChI=1S/C13H24N4O3S2.HI/c1-4-11-9-16-12(21-11)10-17-13(14-2)15-5-6-20-7-8-22(3,18)19;/h9H,4-8,10H2,1-3H3,(H2,14,15,17);1H. The van der Waals surface area contributed by atoms with Gasteiger partial charge < -0.3 is 15.4 Å². The predicted molar refractivity (Wildman–Crippen MR) is 106 cm³/mol. The van der Waals surface area contributed by atoms with E-state index in [0.717, 1.165) is 11.4 Å². The number of sulfone groups is 1. The molecule has 2 N–H and O–H groups in total. The van der Waals surface area contributed by atoms with Crippen LogP contribution >= 0.6 is 35.3 Å². The molecular weight excluding hydrogens is 451 g/mol. The third-order valence-corrected chi connectivity index (χ3v) is 4.77. The topological polar surface area (TPSA) is 92.7 Å². The fourth-order valence-electron chi connectivity index (χ4n) is 1.53. The number of guanidine groups is 1. The van der Waals surface area contributed by atoms with Crippen molar-refractivity contribution in [3.63, 3.8) is 0 Å². The molecule has 0 aliphatic rings.